The second kappa shape index (κ2) is 7.85. The van der Waals surface area contributed by atoms with E-state index in [0.717, 1.165) is 12.8 Å². The molecule has 1 aromatic heterocycles. The molecule has 0 bridgehead atoms. The van der Waals surface area contributed by atoms with E-state index in [-0.39, 0.29) is 23.8 Å². The molecule has 1 N–H and O–H groups in total. The number of carboxylic acid groups (broad SMARTS) is 1. The highest BCUT2D eigenvalue weighted by Crippen LogP contribution is 2.26. The first-order valence-corrected chi connectivity index (χ1v) is 9.19. The zero-order chi connectivity index (χ0) is 17.8. The summed E-state index contributed by atoms with van der Waals surface area (Å²) >= 11 is 0. The van der Waals surface area contributed by atoms with Crippen LogP contribution in [0.2, 0.25) is 0 Å². The normalized spacial score (nSPS) is 24.8. The number of carbonyl (C=O) groups is 2. The largest absolute Gasteiger partial charge is 0.481 e. The van der Waals surface area contributed by atoms with Crippen LogP contribution in [0.3, 0.4) is 0 Å². The van der Waals surface area contributed by atoms with E-state index >= 15 is 0 Å². The molecule has 2 fully saturated rings. The first-order chi connectivity index (χ1) is 12.0. The van der Waals surface area contributed by atoms with E-state index in [1.54, 1.807) is 23.2 Å². The number of aromatic nitrogens is 1. The van der Waals surface area contributed by atoms with Crippen LogP contribution in [0.25, 0.3) is 0 Å². The average Bonchev–Trinajstić information content (AvgIpc) is 2.62. The van der Waals surface area contributed by atoms with Crippen LogP contribution in [-0.2, 0) is 4.79 Å². The van der Waals surface area contributed by atoms with Crippen molar-refractivity contribution in [1.82, 2.24) is 9.88 Å². The van der Waals surface area contributed by atoms with Gasteiger partial charge >= 0.3 is 5.97 Å². The van der Waals surface area contributed by atoms with E-state index in [0.29, 0.717) is 31.0 Å². The summed E-state index contributed by atoms with van der Waals surface area (Å²) in [5.41, 5.74) is 0.557. The Kier molecular flexibility index (Phi) is 5.56. The summed E-state index contributed by atoms with van der Waals surface area (Å²) in [6.45, 7) is 2.83. The Morgan fingerprint density at radius 1 is 1.24 bits per heavy atom. The molecule has 1 saturated heterocycles. The van der Waals surface area contributed by atoms with E-state index < -0.39 is 5.97 Å². The predicted octanol–water partition coefficient (Wildman–Crippen LogP) is 2.98. The number of hydrogen-bond acceptors (Lipinski definition) is 4. The predicted molar refractivity (Wildman–Crippen MR) is 92.5 cm³/mol. The number of carbonyl (C=O) groups excluding carboxylic acids is 1. The Morgan fingerprint density at radius 3 is 2.68 bits per heavy atom. The maximum Gasteiger partial charge on any atom is 0.306 e. The first kappa shape index (κ1) is 17.7. The van der Waals surface area contributed by atoms with Crippen LogP contribution in [0.5, 0.6) is 5.88 Å². The molecule has 1 amide bonds. The summed E-state index contributed by atoms with van der Waals surface area (Å²) in [7, 11) is 0. The third-order valence-corrected chi connectivity index (χ3v) is 5.33. The highest BCUT2D eigenvalue weighted by molar-refractivity contribution is 5.94. The molecule has 1 aliphatic carbocycles. The van der Waals surface area contributed by atoms with Crippen molar-refractivity contribution in [3.63, 3.8) is 0 Å². The van der Waals surface area contributed by atoms with Crippen LogP contribution >= 0.6 is 0 Å². The van der Waals surface area contributed by atoms with Gasteiger partial charge in [0.1, 0.15) is 6.10 Å². The number of rotatable bonds is 4. The van der Waals surface area contributed by atoms with Crippen LogP contribution in [0, 0.1) is 11.8 Å². The van der Waals surface area contributed by atoms with E-state index in [9.17, 15) is 14.7 Å². The smallest absolute Gasteiger partial charge is 0.306 e. The van der Waals surface area contributed by atoms with Crippen molar-refractivity contribution in [3.05, 3.63) is 23.9 Å². The maximum atomic E-state index is 12.8. The number of piperidine rings is 1. The third-order valence-electron chi connectivity index (χ3n) is 5.33. The molecule has 1 aliphatic heterocycles. The number of aliphatic carboxylic acids is 1. The van der Waals surface area contributed by atoms with Gasteiger partial charge in [-0.25, -0.2) is 4.98 Å². The summed E-state index contributed by atoms with van der Waals surface area (Å²) in [6, 6.07) is 3.41. The molecular weight excluding hydrogens is 320 g/mol. The molecule has 136 valence electrons. The van der Waals surface area contributed by atoms with Crippen LogP contribution in [0.1, 0.15) is 55.8 Å². The molecule has 2 heterocycles. The van der Waals surface area contributed by atoms with E-state index in [1.165, 1.54) is 19.3 Å². The first-order valence-electron chi connectivity index (χ1n) is 9.19. The van der Waals surface area contributed by atoms with Crippen molar-refractivity contribution in [3.8, 4) is 5.88 Å². The van der Waals surface area contributed by atoms with Crippen molar-refractivity contribution >= 4 is 11.9 Å². The van der Waals surface area contributed by atoms with Gasteiger partial charge in [-0.15, -0.1) is 0 Å². The van der Waals surface area contributed by atoms with Gasteiger partial charge in [0.25, 0.3) is 5.91 Å². The molecule has 2 aliphatic rings. The molecule has 2 atom stereocenters. The fourth-order valence-corrected chi connectivity index (χ4v) is 3.84. The lowest BCUT2D eigenvalue weighted by atomic mass is 9.87. The summed E-state index contributed by atoms with van der Waals surface area (Å²) in [5.74, 6) is -0.758. The lowest BCUT2D eigenvalue weighted by molar-refractivity contribution is -0.145. The van der Waals surface area contributed by atoms with E-state index in [1.807, 2.05) is 6.92 Å². The second-order valence-electron chi connectivity index (χ2n) is 7.22. The zero-order valence-corrected chi connectivity index (χ0v) is 14.7. The van der Waals surface area contributed by atoms with Gasteiger partial charge < -0.3 is 14.7 Å². The van der Waals surface area contributed by atoms with Crippen molar-refractivity contribution in [1.29, 1.82) is 0 Å². The van der Waals surface area contributed by atoms with Crippen molar-refractivity contribution < 1.29 is 19.4 Å². The third kappa shape index (κ3) is 4.30. The molecule has 3 rings (SSSR count). The fraction of sp³-hybridized carbons (Fsp3) is 0.632. The monoisotopic (exact) mass is 346 g/mol. The van der Waals surface area contributed by atoms with Crippen LogP contribution in [0.15, 0.2) is 18.3 Å². The lowest BCUT2D eigenvalue weighted by Crippen LogP contribution is -2.45. The molecule has 2 unspecified atom stereocenters. The minimum atomic E-state index is -0.772. The van der Waals surface area contributed by atoms with Crippen LogP contribution < -0.4 is 4.74 Å². The lowest BCUT2D eigenvalue weighted by Gasteiger charge is -2.35. The van der Waals surface area contributed by atoms with Gasteiger partial charge in [0.05, 0.1) is 5.92 Å². The number of ether oxygens (including phenoxy) is 1. The molecule has 0 spiro atoms. The van der Waals surface area contributed by atoms with E-state index in [2.05, 4.69) is 4.98 Å². The Bertz CT molecular complexity index is 628. The highest BCUT2D eigenvalue weighted by atomic mass is 16.5. The molecule has 6 nitrogen and oxygen atoms in total. The van der Waals surface area contributed by atoms with Gasteiger partial charge in [-0.3, -0.25) is 9.59 Å². The SMILES string of the molecule is CC1CN(C(=O)c2ccnc(OC3CCCCC3)c2)CCC1C(=O)O. The number of nitrogens with zero attached hydrogens (tertiary/aromatic N) is 2. The summed E-state index contributed by atoms with van der Waals surface area (Å²) in [5, 5.41) is 9.21. The zero-order valence-electron chi connectivity index (χ0n) is 14.7. The topological polar surface area (TPSA) is 79.7 Å². The average molecular weight is 346 g/mol. The Balaban J connectivity index is 1.64. The molecule has 6 heteroatoms. The number of pyridine rings is 1. The highest BCUT2D eigenvalue weighted by Gasteiger charge is 2.33. The molecule has 1 aromatic rings. The number of hydrogen-bond donors (Lipinski definition) is 1. The van der Waals surface area contributed by atoms with Gasteiger partial charge in [0, 0.05) is 30.9 Å². The summed E-state index contributed by atoms with van der Waals surface area (Å²) in [6.07, 6.45) is 8.01. The van der Waals surface area contributed by atoms with Gasteiger partial charge in [-0.1, -0.05) is 13.3 Å². The second-order valence-corrected chi connectivity index (χ2v) is 7.22. The number of carboxylic acids is 1. The van der Waals surface area contributed by atoms with Gasteiger partial charge in [0.2, 0.25) is 5.88 Å². The molecular formula is C19H26N2O4. The molecule has 1 saturated carbocycles. The standard InChI is InChI=1S/C19H26N2O4/c1-13-12-21(10-8-16(13)19(23)24)18(22)14-7-9-20-17(11-14)25-15-5-3-2-4-6-15/h7,9,11,13,15-16H,2-6,8,10,12H2,1H3,(H,23,24). The van der Waals surface area contributed by atoms with Gasteiger partial charge in [-0.05, 0) is 44.1 Å². The summed E-state index contributed by atoms with van der Waals surface area (Å²) in [4.78, 5) is 30.0. The minimum Gasteiger partial charge on any atom is -0.481 e. The maximum absolute atomic E-state index is 12.8. The van der Waals surface area contributed by atoms with Gasteiger partial charge in [-0.2, -0.15) is 0 Å². The summed E-state index contributed by atoms with van der Waals surface area (Å²) < 4.78 is 5.94. The van der Waals surface area contributed by atoms with Crippen LogP contribution in [0.4, 0.5) is 0 Å². The molecule has 0 radical (unpaired) electrons. The Hall–Kier alpha value is -2.11. The van der Waals surface area contributed by atoms with Crippen LogP contribution in [-0.4, -0.2) is 46.1 Å². The minimum absolute atomic E-state index is 0.0463. The van der Waals surface area contributed by atoms with Crippen molar-refractivity contribution in [2.24, 2.45) is 11.8 Å². The quantitative estimate of drug-likeness (QED) is 0.906. The van der Waals surface area contributed by atoms with Gasteiger partial charge in [0.15, 0.2) is 0 Å². The fourth-order valence-electron chi connectivity index (χ4n) is 3.84. The molecule has 25 heavy (non-hydrogen) atoms. The van der Waals surface area contributed by atoms with Crippen molar-refractivity contribution in [2.45, 2.75) is 51.6 Å². The molecule has 0 aromatic carbocycles. The van der Waals surface area contributed by atoms with E-state index in [4.69, 9.17) is 4.74 Å². The Labute approximate surface area is 148 Å². The number of likely N-dealkylation sites (tertiary alicyclic amines) is 1. The number of amides is 1. The van der Waals surface area contributed by atoms with Crippen molar-refractivity contribution in [2.75, 3.05) is 13.1 Å². The Morgan fingerprint density at radius 2 is 2.00 bits per heavy atom.